The summed E-state index contributed by atoms with van der Waals surface area (Å²) in [5.74, 6) is 0.404. The maximum absolute atomic E-state index is 12.6. The minimum atomic E-state index is -0.335. The first-order valence-corrected chi connectivity index (χ1v) is 8.87. The van der Waals surface area contributed by atoms with Crippen molar-refractivity contribution in [1.82, 2.24) is 5.32 Å². The number of carbonyl (C=O) groups excluding carboxylic acids is 2. The highest BCUT2D eigenvalue weighted by atomic mass is 16.5. The molecule has 0 unspecified atom stereocenters. The van der Waals surface area contributed by atoms with E-state index in [2.05, 4.69) is 5.32 Å². The van der Waals surface area contributed by atoms with Crippen molar-refractivity contribution in [3.63, 3.8) is 0 Å². The number of amides is 2. The quantitative estimate of drug-likeness (QED) is 0.670. The predicted octanol–water partition coefficient (Wildman–Crippen LogP) is 3.12. The lowest BCUT2D eigenvalue weighted by molar-refractivity contribution is -0.120. The lowest BCUT2D eigenvalue weighted by Gasteiger charge is -2.20. The van der Waals surface area contributed by atoms with Gasteiger partial charge in [0.2, 0.25) is 0 Å². The average Bonchev–Trinajstić information content (AvgIpc) is 3.29. The third kappa shape index (κ3) is 5.02. The predicted molar refractivity (Wildman–Crippen MR) is 106 cm³/mol. The summed E-state index contributed by atoms with van der Waals surface area (Å²) in [6, 6.07) is 18.9. The molecule has 1 heterocycles. The number of hydrogen-bond donors (Lipinski definition) is 1. The largest absolute Gasteiger partial charge is 0.484 e. The Kier molecular flexibility index (Phi) is 6.28. The van der Waals surface area contributed by atoms with Crippen LogP contribution in [0, 0.1) is 11.3 Å². The monoisotopic (exact) mass is 389 g/mol. The van der Waals surface area contributed by atoms with Gasteiger partial charge in [-0.3, -0.25) is 9.59 Å². The molecule has 3 aromatic rings. The van der Waals surface area contributed by atoms with Crippen LogP contribution in [0.1, 0.15) is 21.7 Å². The van der Waals surface area contributed by atoms with Gasteiger partial charge in [0.15, 0.2) is 6.61 Å². The number of ether oxygens (including phenoxy) is 1. The molecule has 7 nitrogen and oxygen atoms in total. The molecular weight excluding hydrogens is 370 g/mol. The van der Waals surface area contributed by atoms with Crippen molar-refractivity contribution in [1.29, 1.82) is 5.26 Å². The summed E-state index contributed by atoms with van der Waals surface area (Å²) in [6.45, 7) is 0.0178. The van der Waals surface area contributed by atoms with E-state index >= 15 is 0 Å². The van der Waals surface area contributed by atoms with E-state index in [-0.39, 0.29) is 25.0 Å². The highest BCUT2D eigenvalue weighted by Crippen LogP contribution is 2.20. The molecule has 0 saturated heterocycles. The molecule has 1 aromatic heterocycles. The fraction of sp³-hybridized carbons (Fsp3) is 0.136. The highest BCUT2D eigenvalue weighted by Gasteiger charge is 2.19. The van der Waals surface area contributed by atoms with Gasteiger partial charge in [-0.05, 0) is 42.5 Å². The second-order valence-electron chi connectivity index (χ2n) is 6.16. The van der Waals surface area contributed by atoms with E-state index in [1.807, 2.05) is 6.07 Å². The third-order valence-electron chi connectivity index (χ3n) is 4.21. The normalized spacial score (nSPS) is 10.1. The summed E-state index contributed by atoms with van der Waals surface area (Å²) in [5, 5.41) is 11.7. The Hall–Kier alpha value is -4.05. The van der Waals surface area contributed by atoms with Crippen LogP contribution >= 0.6 is 0 Å². The van der Waals surface area contributed by atoms with Crippen molar-refractivity contribution in [2.24, 2.45) is 0 Å². The molecule has 2 amide bonds. The van der Waals surface area contributed by atoms with E-state index in [1.54, 1.807) is 67.7 Å². The number of benzene rings is 2. The van der Waals surface area contributed by atoms with E-state index in [1.165, 1.54) is 11.2 Å². The summed E-state index contributed by atoms with van der Waals surface area (Å²) in [4.78, 5) is 26.5. The van der Waals surface area contributed by atoms with Crippen molar-refractivity contribution in [3.05, 3.63) is 83.8 Å². The van der Waals surface area contributed by atoms with Crippen LogP contribution in [0.15, 0.2) is 71.3 Å². The van der Waals surface area contributed by atoms with Crippen LogP contribution in [-0.4, -0.2) is 25.5 Å². The molecule has 1 N–H and O–H groups in total. The number of nitrogens with one attached hydrogen (secondary N) is 1. The van der Waals surface area contributed by atoms with Crippen molar-refractivity contribution in [3.8, 4) is 11.8 Å². The summed E-state index contributed by atoms with van der Waals surface area (Å²) < 4.78 is 10.7. The first-order valence-electron chi connectivity index (χ1n) is 8.87. The minimum absolute atomic E-state index is 0.228. The van der Waals surface area contributed by atoms with Gasteiger partial charge in [0.05, 0.1) is 35.7 Å². The van der Waals surface area contributed by atoms with Gasteiger partial charge in [-0.25, -0.2) is 0 Å². The average molecular weight is 389 g/mol. The first kappa shape index (κ1) is 19.7. The molecule has 0 aliphatic carbocycles. The Morgan fingerprint density at radius 2 is 1.97 bits per heavy atom. The van der Waals surface area contributed by atoms with Gasteiger partial charge in [-0.2, -0.15) is 5.26 Å². The second-order valence-corrected chi connectivity index (χ2v) is 6.16. The number of para-hydroxylation sites is 1. The minimum Gasteiger partial charge on any atom is -0.484 e. The number of rotatable bonds is 7. The number of nitriles is 1. The van der Waals surface area contributed by atoms with E-state index in [0.717, 1.165) is 0 Å². The van der Waals surface area contributed by atoms with Crippen LogP contribution in [-0.2, 0) is 11.3 Å². The zero-order valence-corrected chi connectivity index (χ0v) is 15.8. The molecule has 3 rings (SSSR count). The zero-order chi connectivity index (χ0) is 20.6. The van der Waals surface area contributed by atoms with Gasteiger partial charge >= 0.3 is 0 Å². The first-order chi connectivity index (χ1) is 14.1. The maximum atomic E-state index is 12.6. The van der Waals surface area contributed by atoms with Crippen LogP contribution in [0.25, 0.3) is 0 Å². The van der Waals surface area contributed by atoms with Crippen LogP contribution in [0.3, 0.4) is 0 Å². The Morgan fingerprint density at radius 1 is 1.14 bits per heavy atom. The van der Waals surface area contributed by atoms with Gasteiger partial charge in [0, 0.05) is 7.05 Å². The van der Waals surface area contributed by atoms with E-state index in [4.69, 9.17) is 14.4 Å². The topological polar surface area (TPSA) is 95.6 Å². The molecule has 0 atom stereocenters. The van der Waals surface area contributed by atoms with Crippen molar-refractivity contribution in [2.45, 2.75) is 6.54 Å². The number of furan rings is 1. The summed E-state index contributed by atoms with van der Waals surface area (Å²) in [6.07, 6.45) is 1.54. The molecule has 29 heavy (non-hydrogen) atoms. The molecule has 0 radical (unpaired) electrons. The Bertz CT molecular complexity index is 1040. The molecule has 0 aliphatic rings. The van der Waals surface area contributed by atoms with Crippen LogP contribution in [0.2, 0.25) is 0 Å². The molecule has 0 fully saturated rings. The van der Waals surface area contributed by atoms with Gasteiger partial charge in [0.25, 0.3) is 11.8 Å². The molecule has 7 heteroatoms. The van der Waals surface area contributed by atoms with E-state index in [0.29, 0.717) is 28.3 Å². The van der Waals surface area contributed by atoms with Crippen LogP contribution in [0.5, 0.6) is 5.75 Å². The number of carbonyl (C=O) groups is 2. The highest BCUT2D eigenvalue weighted by molar-refractivity contribution is 6.04. The molecule has 0 saturated carbocycles. The summed E-state index contributed by atoms with van der Waals surface area (Å²) in [7, 11) is 1.58. The third-order valence-corrected chi connectivity index (χ3v) is 4.21. The van der Waals surface area contributed by atoms with Crippen molar-refractivity contribution < 1.29 is 18.7 Å². The Morgan fingerprint density at radius 3 is 2.72 bits per heavy atom. The molecular formula is C22H19N3O4. The maximum Gasteiger partial charge on any atom is 0.264 e. The Balaban J connectivity index is 1.66. The summed E-state index contributed by atoms with van der Waals surface area (Å²) in [5.41, 5.74) is 1.27. The van der Waals surface area contributed by atoms with E-state index < -0.39 is 0 Å². The molecule has 146 valence electrons. The fourth-order valence-electron chi connectivity index (χ4n) is 2.67. The van der Waals surface area contributed by atoms with Crippen molar-refractivity contribution >= 4 is 17.5 Å². The number of likely N-dealkylation sites (N-methyl/N-ethyl adjacent to an activating group) is 1. The number of hydrogen-bond acceptors (Lipinski definition) is 5. The van der Waals surface area contributed by atoms with Crippen molar-refractivity contribution in [2.75, 3.05) is 18.6 Å². The van der Waals surface area contributed by atoms with E-state index in [9.17, 15) is 9.59 Å². The molecule has 0 spiro atoms. The SMILES string of the molecule is CN(C(=O)COc1cccc(C#N)c1)c1ccccc1C(=O)NCc1ccco1. The number of anilines is 1. The lowest BCUT2D eigenvalue weighted by atomic mass is 10.1. The smallest absolute Gasteiger partial charge is 0.264 e. The lowest BCUT2D eigenvalue weighted by Crippen LogP contribution is -2.33. The standard InChI is InChI=1S/C22H19N3O4/c1-25(21(26)15-29-17-7-4-6-16(12-17)13-23)20-10-3-2-9-19(20)22(27)24-14-18-8-5-11-28-18/h2-12H,14-15H2,1H3,(H,24,27). The van der Waals surface area contributed by atoms with Gasteiger partial charge < -0.3 is 19.4 Å². The van der Waals surface area contributed by atoms with Crippen LogP contribution < -0.4 is 15.0 Å². The second kappa shape index (κ2) is 9.24. The number of nitrogens with zero attached hydrogens (tertiary/aromatic N) is 2. The Labute approximate surface area is 168 Å². The summed E-state index contributed by atoms with van der Waals surface area (Å²) >= 11 is 0. The van der Waals surface area contributed by atoms with Gasteiger partial charge in [-0.15, -0.1) is 0 Å². The fourth-order valence-corrected chi connectivity index (χ4v) is 2.67. The molecule has 2 aromatic carbocycles. The molecule has 0 bridgehead atoms. The zero-order valence-electron chi connectivity index (χ0n) is 15.8. The van der Waals surface area contributed by atoms with Gasteiger partial charge in [0.1, 0.15) is 11.5 Å². The molecule has 0 aliphatic heterocycles. The van der Waals surface area contributed by atoms with Crippen LogP contribution in [0.4, 0.5) is 5.69 Å². The van der Waals surface area contributed by atoms with Gasteiger partial charge in [-0.1, -0.05) is 18.2 Å².